The van der Waals surface area contributed by atoms with Gasteiger partial charge in [0.15, 0.2) is 0 Å². The Morgan fingerprint density at radius 1 is 0.625 bits per heavy atom. The third kappa shape index (κ3) is 5.83. The van der Waals surface area contributed by atoms with Crippen LogP contribution in [0.2, 0.25) is 0 Å². The van der Waals surface area contributed by atoms with Crippen molar-refractivity contribution in [3.8, 4) is 11.5 Å². The molecule has 3 atom stereocenters. The normalized spacial score (nSPS) is 23.3. The first-order valence-corrected chi connectivity index (χ1v) is 12.1. The lowest BCUT2D eigenvalue weighted by molar-refractivity contribution is 0.395. The quantitative estimate of drug-likeness (QED) is 0.361. The highest BCUT2D eigenvalue weighted by Gasteiger charge is 2.33. The van der Waals surface area contributed by atoms with E-state index in [1.807, 2.05) is 24.3 Å². The predicted octanol–water partition coefficient (Wildman–Crippen LogP) is 4.27. The molecule has 2 aromatic carbocycles. The molecule has 3 saturated heterocycles. The van der Waals surface area contributed by atoms with E-state index in [9.17, 15) is 10.2 Å². The number of phenolic OH excluding ortho intramolecular Hbond substituents is 2. The lowest BCUT2D eigenvalue weighted by atomic mass is 9.86. The van der Waals surface area contributed by atoms with Crippen LogP contribution in [0, 0.1) is 0 Å². The van der Waals surface area contributed by atoms with Gasteiger partial charge in [-0.3, -0.25) is 0 Å². The van der Waals surface area contributed by atoms with Crippen molar-refractivity contribution in [3.63, 3.8) is 0 Å². The molecule has 0 bridgehead atoms. The van der Waals surface area contributed by atoms with Crippen LogP contribution in [0.4, 0.5) is 0 Å². The molecule has 0 spiro atoms. The van der Waals surface area contributed by atoms with Crippen LogP contribution < -0.4 is 0 Å². The zero-order valence-electron chi connectivity index (χ0n) is 18.7. The fourth-order valence-electron chi connectivity index (χ4n) is 4.78. The smallest absolute Gasteiger partial charge is 0.119 e. The summed E-state index contributed by atoms with van der Waals surface area (Å²) < 4.78 is 16.6. The van der Waals surface area contributed by atoms with Crippen molar-refractivity contribution in [2.75, 3.05) is 19.8 Å². The molecule has 0 aromatic heterocycles. The van der Waals surface area contributed by atoms with E-state index in [2.05, 4.69) is 0 Å². The Labute approximate surface area is 190 Å². The number of rotatable bonds is 13. The number of aromatic hydroxyl groups is 2. The van der Waals surface area contributed by atoms with E-state index in [0.29, 0.717) is 23.7 Å². The first kappa shape index (κ1) is 21.7. The number of para-hydroxylation sites is 1. The first-order chi connectivity index (χ1) is 15.7. The van der Waals surface area contributed by atoms with Gasteiger partial charge in [-0.05, 0) is 65.6 Å². The Bertz CT molecular complexity index is 928. The van der Waals surface area contributed by atoms with Crippen LogP contribution in [0.5, 0.6) is 11.5 Å². The monoisotopic (exact) mass is 438 g/mol. The summed E-state index contributed by atoms with van der Waals surface area (Å²) in [5, 5.41) is 20.9. The molecule has 3 fully saturated rings. The van der Waals surface area contributed by atoms with Crippen molar-refractivity contribution in [1.29, 1.82) is 0 Å². The van der Waals surface area contributed by atoms with Crippen molar-refractivity contribution >= 4 is 0 Å². The van der Waals surface area contributed by atoms with E-state index < -0.39 is 0 Å². The molecule has 0 amide bonds. The summed E-state index contributed by atoms with van der Waals surface area (Å²) in [7, 11) is 0. The van der Waals surface area contributed by atoms with Crippen LogP contribution >= 0.6 is 0 Å². The highest BCUT2D eigenvalue weighted by Crippen LogP contribution is 2.36. The standard InChI is InChI=1S/C27H34O5/c28-26-10-6-5-8-18(26)7-3-1-2-4-9-23-25(14-22-17-32-22)24(13-21-16-31-21)19(12-27(23)29)11-20-15-30-20/h5-6,8,10,12,20-22,28-29H,1-4,7,9,11,13-17H2. The molecule has 5 rings (SSSR count). The average Bonchev–Trinajstić information content (AvgIpc) is 3.61. The van der Waals surface area contributed by atoms with Gasteiger partial charge in [-0.2, -0.15) is 0 Å². The molecule has 0 saturated carbocycles. The first-order valence-electron chi connectivity index (χ1n) is 12.1. The molecule has 2 N–H and O–H groups in total. The highest BCUT2D eigenvalue weighted by molar-refractivity contribution is 5.51. The minimum absolute atomic E-state index is 0.290. The van der Waals surface area contributed by atoms with Gasteiger partial charge < -0.3 is 24.4 Å². The topological polar surface area (TPSA) is 78.0 Å². The molecular weight excluding hydrogens is 404 g/mol. The molecule has 3 unspecified atom stereocenters. The summed E-state index contributed by atoms with van der Waals surface area (Å²) in [4.78, 5) is 0. The number of unbranched alkanes of at least 4 members (excludes halogenated alkanes) is 3. The van der Waals surface area contributed by atoms with E-state index >= 15 is 0 Å². The van der Waals surface area contributed by atoms with Crippen LogP contribution in [-0.4, -0.2) is 48.3 Å². The van der Waals surface area contributed by atoms with Gasteiger partial charge in [-0.25, -0.2) is 0 Å². The fraction of sp³-hybridized carbons (Fsp3) is 0.556. The van der Waals surface area contributed by atoms with Gasteiger partial charge in [0.25, 0.3) is 0 Å². The van der Waals surface area contributed by atoms with Crippen LogP contribution in [-0.2, 0) is 46.3 Å². The molecular formula is C27H34O5. The Kier molecular flexibility index (Phi) is 6.67. The van der Waals surface area contributed by atoms with E-state index in [1.54, 1.807) is 6.07 Å². The Balaban J connectivity index is 1.23. The van der Waals surface area contributed by atoms with Crippen molar-refractivity contribution < 1.29 is 24.4 Å². The van der Waals surface area contributed by atoms with Gasteiger partial charge in [-0.15, -0.1) is 0 Å². The van der Waals surface area contributed by atoms with Gasteiger partial charge in [0.2, 0.25) is 0 Å². The summed E-state index contributed by atoms with van der Waals surface area (Å²) in [6, 6.07) is 9.59. The third-order valence-corrected chi connectivity index (χ3v) is 6.87. The van der Waals surface area contributed by atoms with Crippen LogP contribution in [0.15, 0.2) is 30.3 Å². The molecule has 3 aliphatic rings. The Morgan fingerprint density at radius 3 is 1.88 bits per heavy atom. The molecule has 0 radical (unpaired) electrons. The number of hydrogen-bond acceptors (Lipinski definition) is 5. The summed E-state index contributed by atoms with van der Waals surface area (Å²) in [5.74, 6) is 0.833. The second-order valence-electron chi connectivity index (χ2n) is 9.51. The lowest BCUT2D eigenvalue weighted by Gasteiger charge is -2.20. The van der Waals surface area contributed by atoms with Gasteiger partial charge in [0, 0.05) is 19.3 Å². The molecule has 5 heteroatoms. The largest absolute Gasteiger partial charge is 0.508 e. The number of aryl methyl sites for hydroxylation is 1. The maximum atomic E-state index is 11.0. The fourth-order valence-corrected chi connectivity index (χ4v) is 4.78. The number of benzene rings is 2. The van der Waals surface area contributed by atoms with Crippen LogP contribution in [0.25, 0.3) is 0 Å². The Hall–Kier alpha value is -2.08. The molecule has 0 aliphatic carbocycles. The zero-order chi connectivity index (χ0) is 21.9. The van der Waals surface area contributed by atoms with Crippen molar-refractivity contribution in [1.82, 2.24) is 0 Å². The molecule has 172 valence electrons. The number of ether oxygens (including phenoxy) is 3. The minimum Gasteiger partial charge on any atom is -0.508 e. The lowest BCUT2D eigenvalue weighted by Crippen LogP contribution is -2.12. The summed E-state index contributed by atoms with van der Waals surface area (Å²) >= 11 is 0. The summed E-state index contributed by atoms with van der Waals surface area (Å²) in [6.07, 6.45) is 9.76. The van der Waals surface area contributed by atoms with E-state index in [1.165, 1.54) is 16.7 Å². The van der Waals surface area contributed by atoms with E-state index in [4.69, 9.17) is 14.2 Å². The van der Waals surface area contributed by atoms with Gasteiger partial charge in [0.05, 0.1) is 38.1 Å². The molecule has 5 nitrogen and oxygen atoms in total. The Morgan fingerprint density at radius 2 is 1.22 bits per heavy atom. The average molecular weight is 439 g/mol. The third-order valence-electron chi connectivity index (χ3n) is 6.87. The van der Waals surface area contributed by atoms with Crippen LogP contribution in [0.1, 0.15) is 53.5 Å². The molecule has 3 heterocycles. The number of hydrogen-bond donors (Lipinski definition) is 2. The molecule has 32 heavy (non-hydrogen) atoms. The molecule has 2 aromatic rings. The predicted molar refractivity (Wildman–Crippen MR) is 122 cm³/mol. The highest BCUT2D eigenvalue weighted by atomic mass is 16.6. The van der Waals surface area contributed by atoms with E-state index in [-0.39, 0.29) is 6.10 Å². The van der Waals surface area contributed by atoms with Crippen molar-refractivity contribution in [3.05, 3.63) is 58.1 Å². The maximum absolute atomic E-state index is 11.0. The van der Waals surface area contributed by atoms with Crippen LogP contribution in [0.3, 0.4) is 0 Å². The second kappa shape index (κ2) is 9.82. The number of epoxide rings is 3. The summed E-state index contributed by atoms with van der Waals surface area (Å²) in [6.45, 7) is 2.48. The summed E-state index contributed by atoms with van der Waals surface area (Å²) in [5.41, 5.74) is 6.03. The van der Waals surface area contributed by atoms with Gasteiger partial charge in [-0.1, -0.05) is 31.0 Å². The van der Waals surface area contributed by atoms with Crippen molar-refractivity contribution in [2.24, 2.45) is 0 Å². The van der Waals surface area contributed by atoms with Gasteiger partial charge >= 0.3 is 0 Å². The molecule has 3 aliphatic heterocycles. The number of phenols is 2. The second-order valence-corrected chi connectivity index (χ2v) is 9.51. The van der Waals surface area contributed by atoms with E-state index in [0.717, 1.165) is 88.7 Å². The maximum Gasteiger partial charge on any atom is 0.119 e. The van der Waals surface area contributed by atoms with Crippen molar-refractivity contribution in [2.45, 2.75) is 76.1 Å². The zero-order valence-corrected chi connectivity index (χ0v) is 18.7. The van der Waals surface area contributed by atoms with Gasteiger partial charge in [0.1, 0.15) is 11.5 Å². The SMILES string of the molecule is Oc1ccccc1CCCCCCc1c(O)cc(CC2CO2)c(CC2CO2)c1CC1CO1. The minimum atomic E-state index is 0.290.